The fourth-order valence-electron chi connectivity index (χ4n) is 4.00. The van der Waals surface area contributed by atoms with Crippen molar-refractivity contribution in [3.63, 3.8) is 0 Å². The van der Waals surface area contributed by atoms with Crippen LogP contribution < -0.4 is 11.5 Å². The van der Waals surface area contributed by atoms with Gasteiger partial charge in [0.25, 0.3) is 0 Å². The summed E-state index contributed by atoms with van der Waals surface area (Å²) in [6, 6.07) is 12.9. The van der Waals surface area contributed by atoms with Gasteiger partial charge in [-0.2, -0.15) is 0 Å². The first-order chi connectivity index (χ1) is 14.9. The van der Waals surface area contributed by atoms with Gasteiger partial charge in [0.05, 0.1) is 0 Å². The zero-order valence-corrected chi connectivity index (χ0v) is 21.1. The van der Waals surface area contributed by atoms with Crippen molar-refractivity contribution in [1.29, 1.82) is 0 Å². The Morgan fingerprint density at radius 3 is 1.42 bits per heavy atom. The molecule has 0 radical (unpaired) electrons. The largest absolute Gasteiger partial charge is 0.398 e. The highest BCUT2D eigenvalue weighted by molar-refractivity contribution is 7.99. The molecule has 0 unspecified atom stereocenters. The van der Waals surface area contributed by atoms with Crippen LogP contribution in [0.5, 0.6) is 0 Å². The molecule has 0 saturated heterocycles. The van der Waals surface area contributed by atoms with E-state index in [-0.39, 0.29) is 0 Å². The summed E-state index contributed by atoms with van der Waals surface area (Å²) >= 11 is 1.71. The molecule has 0 atom stereocenters. The molecule has 0 amide bonds. The van der Waals surface area contributed by atoms with E-state index in [0.717, 1.165) is 45.8 Å². The zero-order chi connectivity index (χ0) is 22.6. The molecule has 0 saturated carbocycles. The Balaban J connectivity index is 1.94. The first-order valence-electron chi connectivity index (χ1n) is 12.3. The first kappa shape index (κ1) is 25.6. The molecule has 2 rings (SSSR count). The molecule has 2 aromatic carbocycles. The van der Waals surface area contributed by atoms with Gasteiger partial charge in [0.2, 0.25) is 0 Å². The van der Waals surface area contributed by atoms with Crippen molar-refractivity contribution in [2.45, 2.75) is 102 Å². The number of rotatable bonds is 14. The van der Waals surface area contributed by atoms with Crippen molar-refractivity contribution in [2.75, 3.05) is 11.5 Å². The van der Waals surface area contributed by atoms with Gasteiger partial charge in [-0.15, -0.1) is 0 Å². The van der Waals surface area contributed by atoms with Crippen molar-refractivity contribution in [3.05, 3.63) is 47.5 Å². The number of aryl methyl sites for hydroxylation is 2. The van der Waals surface area contributed by atoms with Gasteiger partial charge < -0.3 is 11.5 Å². The van der Waals surface area contributed by atoms with Crippen LogP contribution in [0.1, 0.15) is 90.2 Å². The maximum atomic E-state index is 6.56. The molecule has 0 spiro atoms. The molecule has 31 heavy (non-hydrogen) atoms. The zero-order valence-electron chi connectivity index (χ0n) is 20.3. The summed E-state index contributed by atoms with van der Waals surface area (Å²) in [6.07, 6.45) is 12.4. The minimum absolute atomic E-state index is 0.797. The average molecular weight is 441 g/mol. The Kier molecular flexibility index (Phi) is 11.4. The molecule has 3 heteroatoms. The maximum absolute atomic E-state index is 6.56. The standard InChI is InChI=1S/C28H44N2S/c1-21(2)13-7-5-9-15-23-17-11-19-25(27(23)29)31-26-20-12-18-24(28(26)30)16-10-6-8-14-22(3)4/h11-12,17-22H,5-10,13-16,29-30H2,1-4H3. The molecule has 0 bridgehead atoms. The van der Waals surface area contributed by atoms with Crippen LogP contribution in [-0.2, 0) is 12.8 Å². The monoisotopic (exact) mass is 440 g/mol. The number of anilines is 2. The number of para-hydroxylation sites is 2. The first-order valence-corrected chi connectivity index (χ1v) is 13.1. The summed E-state index contributed by atoms with van der Waals surface area (Å²) in [6.45, 7) is 9.19. The molecule has 0 aromatic heterocycles. The van der Waals surface area contributed by atoms with Crippen LogP contribution in [-0.4, -0.2) is 0 Å². The predicted octanol–water partition coefficient (Wildman–Crippen LogP) is 8.52. The maximum Gasteiger partial charge on any atom is 0.0488 e. The molecule has 172 valence electrons. The molecular weight excluding hydrogens is 396 g/mol. The van der Waals surface area contributed by atoms with Crippen molar-refractivity contribution in [3.8, 4) is 0 Å². The van der Waals surface area contributed by atoms with Crippen LogP contribution in [0.2, 0.25) is 0 Å². The minimum Gasteiger partial charge on any atom is -0.398 e. The van der Waals surface area contributed by atoms with Gasteiger partial charge >= 0.3 is 0 Å². The molecule has 2 aromatic rings. The van der Waals surface area contributed by atoms with Crippen molar-refractivity contribution >= 4 is 23.1 Å². The highest BCUT2D eigenvalue weighted by Crippen LogP contribution is 2.38. The second kappa shape index (κ2) is 13.7. The summed E-state index contributed by atoms with van der Waals surface area (Å²) < 4.78 is 0. The van der Waals surface area contributed by atoms with Crippen LogP contribution in [0.3, 0.4) is 0 Å². The number of hydrogen-bond donors (Lipinski definition) is 2. The second-order valence-corrected chi connectivity index (χ2v) is 10.8. The van der Waals surface area contributed by atoms with Crippen LogP contribution in [0.25, 0.3) is 0 Å². The number of nitrogens with two attached hydrogens (primary N) is 2. The lowest BCUT2D eigenvalue weighted by Crippen LogP contribution is -1.99. The molecule has 0 fully saturated rings. The molecule has 0 heterocycles. The Morgan fingerprint density at radius 2 is 1.03 bits per heavy atom. The lowest BCUT2D eigenvalue weighted by atomic mass is 10.0. The van der Waals surface area contributed by atoms with Crippen LogP contribution in [0.4, 0.5) is 11.4 Å². The van der Waals surface area contributed by atoms with Gasteiger partial charge in [-0.05, 0) is 60.8 Å². The fraction of sp³-hybridized carbons (Fsp3) is 0.571. The number of nitrogen functional groups attached to an aromatic ring is 2. The van der Waals surface area contributed by atoms with Crippen LogP contribution >= 0.6 is 11.8 Å². The van der Waals surface area contributed by atoms with Crippen molar-refractivity contribution in [1.82, 2.24) is 0 Å². The van der Waals surface area contributed by atoms with E-state index in [1.54, 1.807) is 11.8 Å². The van der Waals surface area contributed by atoms with E-state index in [1.165, 1.54) is 62.5 Å². The Morgan fingerprint density at radius 1 is 0.613 bits per heavy atom. The van der Waals surface area contributed by atoms with E-state index in [9.17, 15) is 0 Å². The number of unbranched alkanes of at least 4 members (excludes halogenated alkanes) is 4. The highest BCUT2D eigenvalue weighted by Gasteiger charge is 2.11. The number of benzene rings is 2. The predicted molar refractivity (Wildman–Crippen MR) is 140 cm³/mol. The smallest absolute Gasteiger partial charge is 0.0488 e. The molecule has 0 aliphatic rings. The second-order valence-electron chi connectivity index (χ2n) is 9.75. The third kappa shape index (κ3) is 9.19. The molecule has 2 nitrogen and oxygen atoms in total. The van der Waals surface area contributed by atoms with Gasteiger partial charge in [-0.1, -0.05) is 102 Å². The van der Waals surface area contributed by atoms with Gasteiger partial charge in [0.1, 0.15) is 0 Å². The Labute approximate surface area is 195 Å². The van der Waals surface area contributed by atoms with Gasteiger partial charge in [0, 0.05) is 21.2 Å². The molecular formula is C28H44N2S. The fourth-order valence-corrected chi connectivity index (χ4v) is 5.01. The van der Waals surface area contributed by atoms with Crippen LogP contribution in [0.15, 0.2) is 46.2 Å². The van der Waals surface area contributed by atoms with Crippen molar-refractivity contribution in [2.24, 2.45) is 11.8 Å². The van der Waals surface area contributed by atoms with E-state index in [1.807, 2.05) is 0 Å². The average Bonchev–Trinajstić information content (AvgIpc) is 2.72. The van der Waals surface area contributed by atoms with Gasteiger partial charge in [-0.25, -0.2) is 0 Å². The van der Waals surface area contributed by atoms with E-state index in [4.69, 9.17) is 11.5 Å². The molecule has 0 aliphatic carbocycles. The summed E-state index contributed by atoms with van der Waals surface area (Å²) in [5.74, 6) is 1.59. The molecule has 0 aliphatic heterocycles. The minimum atomic E-state index is 0.797. The highest BCUT2D eigenvalue weighted by atomic mass is 32.2. The van der Waals surface area contributed by atoms with Crippen molar-refractivity contribution < 1.29 is 0 Å². The SMILES string of the molecule is CC(C)CCCCCc1cccc(Sc2cccc(CCCCCC(C)C)c2N)c1N. The quantitative estimate of drug-likeness (QED) is 0.228. The summed E-state index contributed by atoms with van der Waals surface area (Å²) in [7, 11) is 0. The third-order valence-corrected chi connectivity index (χ3v) is 7.14. The van der Waals surface area contributed by atoms with E-state index in [0.29, 0.717) is 0 Å². The van der Waals surface area contributed by atoms with E-state index < -0.39 is 0 Å². The lowest BCUT2D eigenvalue weighted by molar-refractivity contribution is 0.527. The summed E-state index contributed by atoms with van der Waals surface area (Å²) in [4.78, 5) is 2.25. The van der Waals surface area contributed by atoms with Gasteiger partial charge in [0.15, 0.2) is 0 Å². The van der Waals surface area contributed by atoms with Gasteiger partial charge in [-0.3, -0.25) is 0 Å². The van der Waals surface area contributed by atoms with E-state index in [2.05, 4.69) is 64.1 Å². The summed E-state index contributed by atoms with van der Waals surface area (Å²) in [5, 5.41) is 0. The normalized spacial score (nSPS) is 11.5. The Bertz CT molecular complexity index is 717. The van der Waals surface area contributed by atoms with E-state index >= 15 is 0 Å². The lowest BCUT2D eigenvalue weighted by Gasteiger charge is -2.14. The van der Waals surface area contributed by atoms with Crippen LogP contribution in [0, 0.1) is 11.8 Å². The third-order valence-electron chi connectivity index (χ3n) is 5.99. The Hall–Kier alpha value is -1.61. The summed E-state index contributed by atoms with van der Waals surface area (Å²) in [5.41, 5.74) is 17.5. The number of hydrogen-bond acceptors (Lipinski definition) is 3. The topological polar surface area (TPSA) is 52.0 Å². The molecule has 4 N–H and O–H groups in total.